The average molecular weight is 409 g/mol. The molecule has 0 radical (unpaired) electrons. The second-order valence-corrected chi connectivity index (χ2v) is 7.28. The fourth-order valence-corrected chi connectivity index (χ4v) is 5.08. The Bertz CT molecular complexity index is 1080. The van der Waals surface area contributed by atoms with E-state index >= 15 is 0 Å². The zero-order valence-corrected chi connectivity index (χ0v) is 16.3. The maximum Gasteiger partial charge on any atom is 0.338 e. The summed E-state index contributed by atoms with van der Waals surface area (Å²) in [7, 11) is 2.26. The molecule has 8 heteroatoms. The molecule has 1 N–H and O–H groups in total. The van der Waals surface area contributed by atoms with Crippen molar-refractivity contribution in [2.45, 2.75) is 17.4 Å². The van der Waals surface area contributed by atoms with E-state index in [4.69, 9.17) is 9.47 Å². The maximum atomic E-state index is 12.8. The van der Waals surface area contributed by atoms with Gasteiger partial charge in [0.15, 0.2) is 0 Å². The van der Waals surface area contributed by atoms with Crippen molar-refractivity contribution in [1.29, 1.82) is 0 Å². The summed E-state index contributed by atoms with van der Waals surface area (Å²) in [6.45, 7) is 0. The Balaban J connectivity index is 2.17. The SMILES string of the molecule is COC(=O)C1=C(O)[C@@H](C(=O)OC)[C@H]2c3ccccc3[C@H]1[C@]2(c1ccccc1)[N+](=O)[O-]. The summed E-state index contributed by atoms with van der Waals surface area (Å²) >= 11 is 0. The van der Waals surface area contributed by atoms with Crippen molar-refractivity contribution in [3.63, 3.8) is 0 Å². The second-order valence-electron chi connectivity index (χ2n) is 7.28. The van der Waals surface area contributed by atoms with Crippen molar-refractivity contribution in [3.8, 4) is 0 Å². The molecule has 0 spiro atoms. The van der Waals surface area contributed by atoms with E-state index in [0.717, 1.165) is 14.2 Å². The van der Waals surface area contributed by atoms with Crippen LogP contribution in [-0.2, 0) is 24.6 Å². The molecule has 2 aliphatic rings. The monoisotopic (exact) mass is 409 g/mol. The summed E-state index contributed by atoms with van der Waals surface area (Å²) in [6, 6.07) is 15.0. The quantitative estimate of drug-likeness (QED) is 0.469. The Labute approximate surface area is 171 Å². The fourth-order valence-electron chi connectivity index (χ4n) is 5.08. The normalized spacial score (nSPS) is 26.7. The highest BCUT2D eigenvalue weighted by Crippen LogP contribution is 2.66. The lowest BCUT2D eigenvalue weighted by molar-refractivity contribution is -0.588. The fraction of sp³-hybridized carbons (Fsp3) is 0.273. The van der Waals surface area contributed by atoms with Gasteiger partial charge in [0, 0.05) is 10.5 Å². The third-order valence-corrected chi connectivity index (χ3v) is 6.15. The van der Waals surface area contributed by atoms with Crippen LogP contribution in [0.4, 0.5) is 0 Å². The predicted molar refractivity (Wildman–Crippen MR) is 104 cm³/mol. The van der Waals surface area contributed by atoms with Crippen LogP contribution in [0, 0.1) is 16.0 Å². The molecule has 0 aliphatic heterocycles. The smallest absolute Gasteiger partial charge is 0.338 e. The van der Waals surface area contributed by atoms with E-state index < -0.39 is 45.9 Å². The van der Waals surface area contributed by atoms with E-state index in [-0.39, 0.29) is 5.57 Å². The number of ether oxygens (including phenoxy) is 2. The lowest BCUT2D eigenvalue weighted by Crippen LogP contribution is -2.51. The van der Waals surface area contributed by atoms with Crippen LogP contribution in [0.5, 0.6) is 0 Å². The Morgan fingerprint density at radius 3 is 2.17 bits per heavy atom. The van der Waals surface area contributed by atoms with E-state index in [1.54, 1.807) is 54.6 Å². The number of hydrogen-bond acceptors (Lipinski definition) is 7. The van der Waals surface area contributed by atoms with Gasteiger partial charge in [-0.1, -0.05) is 54.6 Å². The molecule has 0 aromatic heterocycles. The van der Waals surface area contributed by atoms with Gasteiger partial charge in [0.25, 0.3) is 5.54 Å². The number of esters is 2. The first-order valence-electron chi connectivity index (χ1n) is 9.29. The summed E-state index contributed by atoms with van der Waals surface area (Å²) in [5, 5.41) is 23.8. The highest BCUT2D eigenvalue weighted by molar-refractivity contribution is 5.95. The molecule has 0 saturated heterocycles. The number of nitro groups is 1. The Kier molecular flexibility index (Phi) is 4.57. The molecule has 154 valence electrons. The zero-order valence-electron chi connectivity index (χ0n) is 16.3. The standard InChI is InChI=1S/C22H19NO7/c1-29-20(25)15-17-13-10-6-7-11-14(13)18(16(19(15)24)21(26)30-2)22(17,23(27)28)12-8-4-3-5-9-12/h3-11,15,17-18,24H,1-2H3/t15-,17+,18+,22+/m0/s1. The van der Waals surface area contributed by atoms with Gasteiger partial charge in [0.2, 0.25) is 0 Å². The van der Waals surface area contributed by atoms with Crippen LogP contribution in [0.3, 0.4) is 0 Å². The van der Waals surface area contributed by atoms with Gasteiger partial charge >= 0.3 is 11.9 Å². The number of carbonyl (C=O) groups excluding carboxylic acids is 2. The van der Waals surface area contributed by atoms with Crippen LogP contribution in [-0.4, -0.2) is 36.2 Å². The molecule has 2 aromatic rings. The number of benzene rings is 2. The minimum atomic E-state index is -1.90. The summed E-state index contributed by atoms with van der Waals surface area (Å²) in [6.07, 6.45) is 0. The van der Waals surface area contributed by atoms with Gasteiger partial charge in [-0.15, -0.1) is 0 Å². The topological polar surface area (TPSA) is 116 Å². The molecule has 8 nitrogen and oxygen atoms in total. The highest BCUT2D eigenvalue weighted by atomic mass is 16.6. The lowest BCUT2D eigenvalue weighted by atomic mass is 9.62. The van der Waals surface area contributed by atoms with Crippen molar-refractivity contribution < 1.29 is 29.1 Å². The van der Waals surface area contributed by atoms with Crippen molar-refractivity contribution >= 4 is 11.9 Å². The van der Waals surface area contributed by atoms with Gasteiger partial charge in [-0.2, -0.15) is 0 Å². The molecule has 2 aromatic carbocycles. The number of carbonyl (C=O) groups is 2. The first kappa shape index (κ1) is 19.6. The molecule has 0 heterocycles. The number of aliphatic hydroxyl groups excluding tert-OH is 1. The van der Waals surface area contributed by atoms with E-state index in [9.17, 15) is 24.8 Å². The highest BCUT2D eigenvalue weighted by Gasteiger charge is 2.73. The molecule has 0 amide bonds. The van der Waals surface area contributed by atoms with Crippen LogP contribution in [0.15, 0.2) is 65.9 Å². The summed E-state index contributed by atoms with van der Waals surface area (Å²) in [5.74, 6) is -5.98. The lowest BCUT2D eigenvalue weighted by Gasteiger charge is -2.40. The third-order valence-electron chi connectivity index (χ3n) is 6.15. The van der Waals surface area contributed by atoms with Gasteiger partial charge < -0.3 is 14.6 Å². The third kappa shape index (κ3) is 2.33. The molecular weight excluding hydrogens is 390 g/mol. The molecule has 0 saturated carbocycles. The van der Waals surface area contributed by atoms with Crippen LogP contribution >= 0.6 is 0 Å². The molecule has 0 unspecified atom stereocenters. The number of hydrogen-bond donors (Lipinski definition) is 1. The zero-order chi connectivity index (χ0) is 21.6. The van der Waals surface area contributed by atoms with Gasteiger partial charge in [-0.05, 0) is 11.1 Å². The molecule has 4 atom stereocenters. The molecule has 30 heavy (non-hydrogen) atoms. The molecule has 4 rings (SSSR count). The van der Waals surface area contributed by atoms with Crippen LogP contribution in [0.25, 0.3) is 0 Å². The summed E-state index contributed by atoms with van der Waals surface area (Å²) in [4.78, 5) is 37.9. The minimum Gasteiger partial charge on any atom is -0.511 e. The minimum absolute atomic E-state index is 0.297. The Morgan fingerprint density at radius 2 is 1.60 bits per heavy atom. The number of methoxy groups -OCH3 is 2. The first-order chi connectivity index (χ1) is 14.4. The molecular formula is C22H19NO7. The Hall–Kier alpha value is -3.68. The molecule has 2 bridgehead atoms. The number of fused-ring (bicyclic) bond motifs is 5. The first-order valence-corrected chi connectivity index (χ1v) is 9.29. The largest absolute Gasteiger partial charge is 0.511 e. The second kappa shape index (κ2) is 6.98. The van der Waals surface area contributed by atoms with Crippen LogP contribution in [0.2, 0.25) is 0 Å². The summed E-state index contributed by atoms with van der Waals surface area (Å²) < 4.78 is 9.75. The predicted octanol–water partition coefficient (Wildman–Crippen LogP) is 2.83. The van der Waals surface area contributed by atoms with Crippen LogP contribution in [0.1, 0.15) is 28.5 Å². The van der Waals surface area contributed by atoms with Crippen molar-refractivity contribution in [2.24, 2.45) is 5.92 Å². The average Bonchev–Trinajstić information content (AvgIpc) is 3.00. The van der Waals surface area contributed by atoms with Crippen molar-refractivity contribution in [2.75, 3.05) is 14.2 Å². The van der Waals surface area contributed by atoms with Crippen LogP contribution < -0.4 is 0 Å². The van der Waals surface area contributed by atoms with E-state index in [1.807, 2.05) is 0 Å². The van der Waals surface area contributed by atoms with E-state index in [2.05, 4.69) is 0 Å². The van der Waals surface area contributed by atoms with Gasteiger partial charge in [0.1, 0.15) is 11.7 Å². The van der Waals surface area contributed by atoms with Gasteiger partial charge in [-0.25, -0.2) is 4.79 Å². The summed E-state index contributed by atoms with van der Waals surface area (Å²) in [5.41, 5.74) is -0.858. The number of rotatable bonds is 4. The number of aliphatic hydroxyl groups is 1. The van der Waals surface area contributed by atoms with Gasteiger partial charge in [0.05, 0.1) is 31.6 Å². The Morgan fingerprint density at radius 1 is 1.00 bits per heavy atom. The molecule has 0 fully saturated rings. The number of nitrogens with zero attached hydrogens (tertiary/aromatic N) is 1. The van der Waals surface area contributed by atoms with Gasteiger partial charge in [-0.3, -0.25) is 14.9 Å². The molecule has 2 aliphatic carbocycles. The van der Waals surface area contributed by atoms with E-state index in [1.165, 1.54) is 0 Å². The van der Waals surface area contributed by atoms with Crippen molar-refractivity contribution in [1.82, 2.24) is 0 Å². The van der Waals surface area contributed by atoms with E-state index in [0.29, 0.717) is 16.7 Å². The maximum absolute atomic E-state index is 12.8. The van der Waals surface area contributed by atoms with Crippen molar-refractivity contribution in [3.05, 3.63) is 92.7 Å².